The lowest BCUT2D eigenvalue weighted by molar-refractivity contribution is -0.138. The van der Waals surface area contributed by atoms with Crippen LogP contribution in [0.5, 0.6) is 0 Å². The van der Waals surface area contributed by atoms with Gasteiger partial charge in [-0.1, -0.05) is 45.0 Å². The summed E-state index contributed by atoms with van der Waals surface area (Å²) < 4.78 is 15.8. The van der Waals surface area contributed by atoms with Crippen molar-refractivity contribution in [3.63, 3.8) is 0 Å². The Kier molecular flexibility index (Phi) is 6.34. The number of rotatable bonds is 5. The van der Waals surface area contributed by atoms with Crippen LogP contribution in [0.4, 0.5) is 10.1 Å². The van der Waals surface area contributed by atoms with Crippen molar-refractivity contribution in [3.05, 3.63) is 83.9 Å². The minimum absolute atomic E-state index is 0.0285. The minimum atomic E-state index is -0.440. The summed E-state index contributed by atoms with van der Waals surface area (Å²) in [5.41, 5.74) is 3.20. The summed E-state index contributed by atoms with van der Waals surface area (Å²) in [6.07, 6.45) is 2.33. The van der Waals surface area contributed by atoms with E-state index >= 15 is 0 Å². The van der Waals surface area contributed by atoms with Gasteiger partial charge >= 0.3 is 0 Å². The fourth-order valence-corrected chi connectivity index (χ4v) is 4.56. The molecule has 178 valence electrons. The first-order valence-electron chi connectivity index (χ1n) is 11.7. The Morgan fingerprint density at radius 1 is 0.971 bits per heavy atom. The molecule has 0 saturated carbocycles. The average Bonchev–Trinajstić information content (AvgIpc) is 3.25. The number of fused-ring (bicyclic) bond motifs is 3. The normalized spacial score (nSPS) is 15.1. The van der Waals surface area contributed by atoms with Crippen LogP contribution in [0, 0.1) is 11.2 Å². The Labute approximate surface area is 200 Å². The summed E-state index contributed by atoms with van der Waals surface area (Å²) in [4.78, 5) is 30.5. The van der Waals surface area contributed by atoms with Crippen molar-refractivity contribution in [2.75, 3.05) is 11.4 Å². The van der Waals surface area contributed by atoms with Gasteiger partial charge in [-0.05, 0) is 61.2 Å². The van der Waals surface area contributed by atoms with Gasteiger partial charge in [0.15, 0.2) is 0 Å². The van der Waals surface area contributed by atoms with E-state index in [4.69, 9.17) is 0 Å². The van der Waals surface area contributed by atoms with Crippen molar-refractivity contribution >= 4 is 17.5 Å². The third kappa shape index (κ3) is 4.63. The highest BCUT2D eigenvalue weighted by Gasteiger charge is 2.37. The van der Waals surface area contributed by atoms with Gasteiger partial charge in [0.1, 0.15) is 18.4 Å². The number of amides is 2. The van der Waals surface area contributed by atoms with E-state index in [1.54, 1.807) is 21.9 Å². The molecule has 1 aliphatic heterocycles. The van der Waals surface area contributed by atoms with E-state index in [9.17, 15) is 14.0 Å². The smallest absolute Gasteiger partial charge is 0.247 e. The topological polar surface area (TPSA) is 45.6 Å². The van der Waals surface area contributed by atoms with Crippen LogP contribution >= 0.6 is 0 Å². The van der Waals surface area contributed by atoms with Crippen LogP contribution in [0.1, 0.15) is 58.3 Å². The Morgan fingerprint density at radius 3 is 2.24 bits per heavy atom. The van der Waals surface area contributed by atoms with E-state index in [0.29, 0.717) is 6.42 Å². The molecule has 5 nitrogen and oxygen atoms in total. The van der Waals surface area contributed by atoms with Crippen molar-refractivity contribution in [1.82, 2.24) is 9.47 Å². The average molecular weight is 462 g/mol. The van der Waals surface area contributed by atoms with Crippen LogP contribution in [-0.4, -0.2) is 33.9 Å². The molecular formula is C28H32FN3O2. The molecule has 2 aromatic carbocycles. The number of benzene rings is 2. The number of para-hydroxylation sites is 2. The van der Waals surface area contributed by atoms with Crippen LogP contribution in [-0.2, 0) is 9.59 Å². The molecule has 0 aliphatic carbocycles. The Morgan fingerprint density at radius 2 is 1.62 bits per heavy atom. The van der Waals surface area contributed by atoms with Crippen molar-refractivity contribution in [3.8, 4) is 5.69 Å². The number of nitrogens with zero attached hydrogens (tertiary/aromatic N) is 3. The van der Waals surface area contributed by atoms with Gasteiger partial charge in [0.05, 0.1) is 17.1 Å². The second kappa shape index (κ2) is 9.09. The van der Waals surface area contributed by atoms with Gasteiger partial charge in [-0.15, -0.1) is 0 Å². The van der Waals surface area contributed by atoms with Crippen molar-refractivity contribution < 1.29 is 14.0 Å². The molecule has 0 N–H and O–H groups in total. The summed E-state index contributed by atoms with van der Waals surface area (Å²) in [7, 11) is 0. The molecule has 1 unspecified atom stereocenters. The van der Waals surface area contributed by atoms with Gasteiger partial charge < -0.3 is 9.47 Å². The van der Waals surface area contributed by atoms with E-state index in [2.05, 4.69) is 4.57 Å². The maximum atomic E-state index is 14.0. The molecule has 0 fully saturated rings. The highest BCUT2D eigenvalue weighted by Crippen LogP contribution is 2.42. The van der Waals surface area contributed by atoms with Gasteiger partial charge in [0.2, 0.25) is 11.8 Å². The van der Waals surface area contributed by atoms with Crippen molar-refractivity contribution in [2.45, 2.75) is 53.1 Å². The number of anilines is 1. The minimum Gasteiger partial charge on any atom is -0.331 e. The molecular weight excluding hydrogens is 429 g/mol. The van der Waals surface area contributed by atoms with Crippen LogP contribution in [0.2, 0.25) is 0 Å². The molecule has 3 aromatic rings. The van der Waals surface area contributed by atoms with Gasteiger partial charge in [-0.3, -0.25) is 14.5 Å². The Hall–Kier alpha value is -3.41. The molecule has 1 aromatic heterocycles. The van der Waals surface area contributed by atoms with E-state index in [0.717, 1.165) is 22.6 Å². The predicted octanol–water partition coefficient (Wildman–Crippen LogP) is 5.73. The zero-order valence-corrected chi connectivity index (χ0v) is 20.5. The first-order chi connectivity index (χ1) is 16.1. The van der Waals surface area contributed by atoms with Crippen molar-refractivity contribution in [2.24, 2.45) is 5.41 Å². The molecule has 2 amide bonds. The van der Waals surface area contributed by atoms with Gasteiger partial charge in [0.25, 0.3) is 0 Å². The third-order valence-electron chi connectivity index (χ3n) is 6.10. The highest BCUT2D eigenvalue weighted by molar-refractivity contribution is 6.00. The maximum Gasteiger partial charge on any atom is 0.247 e. The van der Waals surface area contributed by atoms with E-state index in [1.165, 1.54) is 12.1 Å². The van der Waals surface area contributed by atoms with Gasteiger partial charge in [-0.2, -0.15) is 0 Å². The number of carbonyl (C=O) groups is 2. The van der Waals surface area contributed by atoms with Crippen LogP contribution < -0.4 is 4.90 Å². The number of halogens is 1. The SMILES string of the molecule is CC(C)N(CC(=O)N1c2ccccc2-n2cccc2C1c1ccc(F)cc1)C(=O)CC(C)(C)C. The summed E-state index contributed by atoms with van der Waals surface area (Å²) in [5.74, 6) is -0.542. The van der Waals surface area contributed by atoms with E-state index in [1.807, 2.05) is 77.2 Å². The lowest BCUT2D eigenvalue weighted by atomic mass is 9.91. The monoisotopic (exact) mass is 461 g/mol. The van der Waals surface area contributed by atoms with Crippen LogP contribution in [0.3, 0.4) is 0 Å². The van der Waals surface area contributed by atoms with E-state index < -0.39 is 6.04 Å². The van der Waals surface area contributed by atoms with Crippen LogP contribution in [0.15, 0.2) is 66.9 Å². The zero-order chi connectivity index (χ0) is 24.6. The van der Waals surface area contributed by atoms with E-state index in [-0.39, 0.29) is 35.6 Å². The molecule has 2 heterocycles. The first-order valence-corrected chi connectivity index (χ1v) is 11.7. The number of aromatic nitrogens is 1. The van der Waals surface area contributed by atoms with Gasteiger partial charge in [0, 0.05) is 18.7 Å². The predicted molar refractivity (Wildman–Crippen MR) is 132 cm³/mol. The molecule has 4 rings (SSSR count). The van der Waals surface area contributed by atoms with Gasteiger partial charge in [-0.25, -0.2) is 4.39 Å². The Balaban J connectivity index is 1.77. The lowest BCUT2D eigenvalue weighted by Crippen LogP contribution is -2.49. The first kappa shape index (κ1) is 23.7. The standard InChI is InChI=1S/C28H32FN3O2/c1-19(2)31(25(33)17-28(3,4)5)18-26(34)32-23-10-7-6-9-22(23)30-16-8-11-24(30)27(32)20-12-14-21(29)15-13-20/h6-16,19,27H,17-18H2,1-5H3. The molecule has 0 bridgehead atoms. The van der Waals surface area contributed by atoms with Crippen molar-refractivity contribution in [1.29, 1.82) is 0 Å². The summed E-state index contributed by atoms with van der Waals surface area (Å²) in [5, 5.41) is 0. The van der Waals surface area contributed by atoms with Crippen LogP contribution in [0.25, 0.3) is 5.69 Å². The second-order valence-electron chi connectivity index (χ2n) is 10.4. The summed E-state index contributed by atoms with van der Waals surface area (Å²) in [6.45, 7) is 9.89. The second-order valence-corrected chi connectivity index (χ2v) is 10.4. The fraction of sp³-hybridized carbons (Fsp3) is 0.357. The summed E-state index contributed by atoms with van der Waals surface area (Å²) >= 11 is 0. The molecule has 1 atom stereocenters. The molecule has 34 heavy (non-hydrogen) atoms. The maximum absolute atomic E-state index is 14.0. The third-order valence-corrected chi connectivity index (χ3v) is 6.10. The molecule has 6 heteroatoms. The fourth-order valence-electron chi connectivity index (χ4n) is 4.56. The summed E-state index contributed by atoms with van der Waals surface area (Å²) in [6, 6.07) is 17.4. The number of hydrogen-bond acceptors (Lipinski definition) is 2. The molecule has 0 spiro atoms. The quantitative estimate of drug-likeness (QED) is 0.487. The highest BCUT2D eigenvalue weighted by atomic mass is 19.1. The lowest BCUT2D eigenvalue weighted by Gasteiger charge is -2.40. The number of hydrogen-bond donors (Lipinski definition) is 0. The largest absolute Gasteiger partial charge is 0.331 e. The molecule has 0 radical (unpaired) electrons. The number of carbonyl (C=O) groups excluding carboxylic acids is 2. The molecule has 0 saturated heterocycles. The molecule has 1 aliphatic rings. The zero-order valence-electron chi connectivity index (χ0n) is 20.5. The Bertz CT molecular complexity index is 1190.